The van der Waals surface area contributed by atoms with Gasteiger partial charge in [-0.3, -0.25) is 4.79 Å². The first-order valence-corrected chi connectivity index (χ1v) is 9.04. The van der Waals surface area contributed by atoms with Crippen molar-refractivity contribution >= 4 is 11.0 Å². The normalized spacial score (nSPS) is 22.5. The summed E-state index contributed by atoms with van der Waals surface area (Å²) in [7, 11) is 0. The van der Waals surface area contributed by atoms with Crippen LogP contribution in [0.1, 0.15) is 51.4 Å². The van der Waals surface area contributed by atoms with Crippen LogP contribution in [0.3, 0.4) is 0 Å². The lowest BCUT2D eigenvalue weighted by Crippen LogP contribution is -2.49. The van der Waals surface area contributed by atoms with Crippen LogP contribution in [0.2, 0.25) is 0 Å². The zero-order valence-electron chi connectivity index (χ0n) is 15.4. The van der Waals surface area contributed by atoms with Gasteiger partial charge in [0.2, 0.25) is 0 Å². The second-order valence-corrected chi connectivity index (χ2v) is 7.73. The standard InChI is InChI=1S/C20H26O6/c1-11(2)5-4-6-20(3)17(23)8-13-15(26-20)9-16-18(19(13)24)14(22)7-12(10-21)25-16/h7,9,11,17,21,23-24H,4-6,8,10H2,1-3H3. The van der Waals surface area contributed by atoms with Crippen molar-refractivity contribution in [2.24, 2.45) is 5.92 Å². The molecule has 0 saturated carbocycles. The van der Waals surface area contributed by atoms with Crippen LogP contribution in [0.5, 0.6) is 11.5 Å². The third-order valence-electron chi connectivity index (χ3n) is 5.16. The van der Waals surface area contributed by atoms with Crippen molar-refractivity contribution in [3.05, 3.63) is 33.7 Å². The van der Waals surface area contributed by atoms with Gasteiger partial charge in [-0.1, -0.05) is 20.3 Å². The highest BCUT2D eigenvalue weighted by Gasteiger charge is 2.41. The Labute approximate surface area is 152 Å². The number of ether oxygens (including phenoxy) is 1. The van der Waals surface area contributed by atoms with E-state index in [2.05, 4.69) is 13.8 Å². The summed E-state index contributed by atoms with van der Waals surface area (Å²) in [5.74, 6) is 0.882. The van der Waals surface area contributed by atoms with Crippen molar-refractivity contribution in [3.63, 3.8) is 0 Å². The van der Waals surface area contributed by atoms with Crippen LogP contribution in [-0.4, -0.2) is 27.0 Å². The van der Waals surface area contributed by atoms with Crippen LogP contribution < -0.4 is 10.2 Å². The molecule has 6 heteroatoms. The van der Waals surface area contributed by atoms with Crippen molar-refractivity contribution in [1.29, 1.82) is 0 Å². The molecule has 1 aliphatic rings. The van der Waals surface area contributed by atoms with E-state index in [9.17, 15) is 20.1 Å². The number of aromatic hydroxyl groups is 1. The van der Waals surface area contributed by atoms with Crippen LogP contribution in [0.4, 0.5) is 0 Å². The van der Waals surface area contributed by atoms with E-state index in [1.807, 2.05) is 6.92 Å². The number of phenolic OH excluding ortho intramolecular Hbond substituents is 1. The maximum absolute atomic E-state index is 12.2. The van der Waals surface area contributed by atoms with E-state index in [1.54, 1.807) is 6.07 Å². The first-order chi connectivity index (χ1) is 12.2. The predicted octanol–water partition coefficient (Wildman–Crippen LogP) is 2.87. The van der Waals surface area contributed by atoms with E-state index in [-0.39, 0.29) is 28.9 Å². The third-order valence-corrected chi connectivity index (χ3v) is 5.16. The second-order valence-electron chi connectivity index (χ2n) is 7.73. The highest BCUT2D eigenvalue weighted by atomic mass is 16.5. The number of benzene rings is 1. The third kappa shape index (κ3) is 3.31. The topological polar surface area (TPSA) is 100 Å². The summed E-state index contributed by atoms with van der Waals surface area (Å²) in [4.78, 5) is 12.2. The number of fused-ring (bicyclic) bond motifs is 2. The SMILES string of the molecule is CC(C)CCCC1(C)Oc2cc3oc(CO)cc(=O)c3c(O)c2CC1O. The Morgan fingerprint density at radius 1 is 1.35 bits per heavy atom. The van der Waals surface area contributed by atoms with Crippen LogP contribution >= 0.6 is 0 Å². The number of hydrogen-bond donors (Lipinski definition) is 3. The van der Waals surface area contributed by atoms with Gasteiger partial charge in [-0.15, -0.1) is 0 Å². The van der Waals surface area contributed by atoms with Gasteiger partial charge in [0.25, 0.3) is 0 Å². The Bertz CT molecular complexity index is 869. The zero-order valence-corrected chi connectivity index (χ0v) is 15.4. The van der Waals surface area contributed by atoms with Gasteiger partial charge in [0, 0.05) is 24.1 Å². The summed E-state index contributed by atoms with van der Waals surface area (Å²) in [6, 6.07) is 2.72. The molecule has 2 unspecified atom stereocenters. The summed E-state index contributed by atoms with van der Waals surface area (Å²) < 4.78 is 11.6. The maximum atomic E-state index is 12.2. The summed E-state index contributed by atoms with van der Waals surface area (Å²) in [6.07, 6.45) is 2.07. The first-order valence-electron chi connectivity index (χ1n) is 9.04. The van der Waals surface area contributed by atoms with Crippen LogP contribution in [0.15, 0.2) is 21.3 Å². The van der Waals surface area contributed by atoms with Crippen LogP contribution in [0, 0.1) is 5.92 Å². The summed E-state index contributed by atoms with van der Waals surface area (Å²) >= 11 is 0. The molecule has 0 aliphatic carbocycles. The minimum absolute atomic E-state index is 0.0418. The van der Waals surface area contributed by atoms with Crippen molar-refractivity contribution in [3.8, 4) is 11.5 Å². The van der Waals surface area contributed by atoms with Gasteiger partial charge in [0.1, 0.15) is 40.4 Å². The maximum Gasteiger partial charge on any atom is 0.196 e. The Morgan fingerprint density at radius 2 is 2.08 bits per heavy atom. The van der Waals surface area contributed by atoms with E-state index in [0.717, 1.165) is 18.9 Å². The highest BCUT2D eigenvalue weighted by molar-refractivity contribution is 5.87. The molecule has 2 aromatic rings. The molecule has 0 amide bonds. The van der Waals surface area contributed by atoms with E-state index in [4.69, 9.17) is 9.15 Å². The average Bonchev–Trinajstić information content (AvgIpc) is 2.56. The van der Waals surface area contributed by atoms with E-state index in [1.165, 1.54) is 0 Å². The molecule has 1 aromatic carbocycles. The minimum atomic E-state index is -0.783. The smallest absolute Gasteiger partial charge is 0.196 e. The number of phenols is 1. The Kier molecular flexibility index (Phi) is 4.99. The molecule has 6 nitrogen and oxygen atoms in total. The molecule has 142 valence electrons. The molecule has 2 atom stereocenters. The molecular formula is C20H26O6. The summed E-state index contributed by atoms with van der Waals surface area (Å²) in [5, 5.41) is 30.5. The molecule has 0 bridgehead atoms. The molecule has 0 saturated heterocycles. The fourth-order valence-corrected chi connectivity index (χ4v) is 3.54. The Hall–Kier alpha value is -2.05. The van der Waals surface area contributed by atoms with E-state index in [0.29, 0.717) is 23.7 Å². The quantitative estimate of drug-likeness (QED) is 0.756. The monoisotopic (exact) mass is 362 g/mol. The first kappa shape index (κ1) is 18.7. The number of aliphatic hydroxyl groups excluding tert-OH is 2. The van der Waals surface area contributed by atoms with E-state index >= 15 is 0 Å². The van der Waals surface area contributed by atoms with Crippen LogP contribution in [0.25, 0.3) is 11.0 Å². The lowest BCUT2D eigenvalue weighted by Gasteiger charge is -2.40. The molecule has 1 aromatic heterocycles. The van der Waals surface area contributed by atoms with Gasteiger partial charge in [-0.25, -0.2) is 0 Å². The summed E-state index contributed by atoms with van der Waals surface area (Å²) in [5.41, 5.74) is -0.624. The van der Waals surface area contributed by atoms with Gasteiger partial charge in [0.15, 0.2) is 5.43 Å². The zero-order chi connectivity index (χ0) is 19.1. The Balaban J connectivity index is 2.02. The largest absolute Gasteiger partial charge is 0.507 e. The van der Waals surface area contributed by atoms with Gasteiger partial charge >= 0.3 is 0 Å². The minimum Gasteiger partial charge on any atom is -0.507 e. The molecule has 0 spiro atoms. The fraction of sp³-hybridized carbons (Fsp3) is 0.550. The molecule has 0 fully saturated rings. The van der Waals surface area contributed by atoms with Crippen molar-refractivity contribution in [2.75, 3.05) is 0 Å². The molecule has 3 N–H and O–H groups in total. The fourth-order valence-electron chi connectivity index (χ4n) is 3.54. The summed E-state index contributed by atoms with van der Waals surface area (Å²) in [6.45, 7) is 5.76. The predicted molar refractivity (Wildman–Crippen MR) is 97.5 cm³/mol. The molecule has 26 heavy (non-hydrogen) atoms. The number of rotatable bonds is 5. The number of hydrogen-bond acceptors (Lipinski definition) is 6. The van der Waals surface area contributed by atoms with Crippen molar-refractivity contribution in [2.45, 2.75) is 64.8 Å². The Morgan fingerprint density at radius 3 is 2.73 bits per heavy atom. The molecule has 2 heterocycles. The lowest BCUT2D eigenvalue weighted by atomic mass is 9.84. The molecular weight excluding hydrogens is 336 g/mol. The second kappa shape index (κ2) is 6.93. The van der Waals surface area contributed by atoms with Gasteiger partial charge in [-0.05, 0) is 25.7 Å². The van der Waals surface area contributed by atoms with Crippen LogP contribution in [-0.2, 0) is 13.0 Å². The molecule has 1 aliphatic heterocycles. The van der Waals surface area contributed by atoms with Crippen molar-refractivity contribution < 1.29 is 24.5 Å². The highest BCUT2D eigenvalue weighted by Crippen LogP contribution is 2.43. The average molecular weight is 362 g/mol. The van der Waals surface area contributed by atoms with E-state index < -0.39 is 23.7 Å². The van der Waals surface area contributed by atoms with Gasteiger partial charge in [0.05, 0.1) is 6.10 Å². The van der Waals surface area contributed by atoms with Crippen molar-refractivity contribution in [1.82, 2.24) is 0 Å². The van der Waals surface area contributed by atoms with Gasteiger partial charge < -0.3 is 24.5 Å². The lowest BCUT2D eigenvalue weighted by molar-refractivity contribution is -0.0613. The number of aliphatic hydroxyl groups is 2. The molecule has 3 rings (SSSR count). The van der Waals surface area contributed by atoms with Gasteiger partial charge in [-0.2, -0.15) is 0 Å². The molecule has 0 radical (unpaired) electrons.